The number of nitrogens with one attached hydrogen (secondary N) is 1. The number of carbonyl (C=O) groups is 1. The Morgan fingerprint density at radius 3 is 2.90 bits per heavy atom. The Morgan fingerprint density at radius 2 is 2.20 bits per heavy atom. The van der Waals surface area contributed by atoms with Crippen LogP contribution in [0.1, 0.15) is 23.7 Å². The standard InChI is InChI=1S/C15H20N2O3/c1-2-13-12-7-16-6-9(12)8-17(13)15(20)11-4-3-10(18)5-14(11)19/h3-5,9,12-13,16,18-19H,2,6-8H2,1H3. The number of hydrogen-bond donors (Lipinski definition) is 3. The van der Waals surface area contributed by atoms with Gasteiger partial charge in [0, 0.05) is 31.7 Å². The van der Waals surface area contributed by atoms with Gasteiger partial charge in [0.2, 0.25) is 0 Å². The SMILES string of the molecule is CCC1C2CNCC2CN1C(=O)c1ccc(O)cc1O. The van der Waals surface area contributed by atoms with Gasteiger partial charge in [0.25, 0.3) is 5.91 Å². The van der Waals surface area contributed by atoms with Gasteiger partial charge in [-0.25, -0.2) is 0 Å². The van der Waals surface area contributed by atoms with Crippen LogP contribution in [0.25, 0.3) is 0 Å². The van der Waals surface area contributed by atoms with E-state index in [0.29, 0.717) is 11.8 Å². The number of carbonyl (C=O) groups excluding carboxylic acids is 1. The average Bonchev–Trinajstić information content (AvgIpc) is 2.97. The zero-order chi connectivity index (χ0) is 14.3. The fourth-order valence-corrected chi connectivity index (χ4v) is 3.64. The molecule has 2 heterocycles. The molecular formula is C15H20N2O3. The molecule has 20 heavy (non-hydrogen) atoms. The molecule has 108 valence electrons. The summed E-state index contributed by atoms with van der Waals surface area (Å²) in [6.07, 6.45) is 0.924. The van der Waals surface area contributed by atoms with Gasteiger partial charge in [-0.3, -0.25) is 4.79 Å². The molecule has 0 aliphatic carbocycles. The Kier molecular flexibility index (Phi) is 3.30. The van der Waals surface area contributed by atoms with Crippen molar-refractivity contribution in [1.29, 1.82) is 0 Å². The summed E-state index contributed by atoms with van der Waals surface area (Å²) < 4.78 is 0. The van der Waals surface area contributed by atoms with Crippen LogP contribution in [0.3, 0.4) is 0 Å². The number of phenols is 2. The highest BCUT2D eigenvalue weighted by Crippen LogP contribution is 2.36. The fraction of sp³-hybridized carbons (Fsp3) is 0.533. The third-order valence-corrected chi connectivity index (χ3v) is 4.61. The number of likely N-dealkylation sites (tertiary alicyclic amines) is 1. The molecule has 2 saturated heterocycles. The summed E-state index contributed by atoms with van der Waals surface area (Å²) >= 11 is 0. The Balaban J connectivity index is 1.86. The van der Waals surface area contributed by atoms with Crippen molar-refractivity contribution < 1.29 is 15.0 Å². The highest BCUT2D eigenvalue weighted by molar-refractivity contribution is 5.97. The van der Waals surface area contributed by atoms with E-state index in [4.69, 9.17) is 0 Å². The molecule has 0 spiro atoms. The highest BCUT2D eigenvalue weighted by Gasteiger charge is 2.45. The lowest BCUT2D eigenvalue weighted by Crippen LogP contribution is -2.39. The lowest BCUT2D eigenvalue weighted by molar-refractivity contribution is 0.0708. The van der Waals surface area contributed by atoms with E-state index < -0.39 is 0 Å². The van der Waals surface area contributed by atoms with Gasteiger partial charge in [-0.1, -0.05) is 6.92 Å². The number of rotatable bonds is 2. The van der Waals surface area contributed by atoms with Crippen LogP contribution in [0.2, 0.25) is 0 Å². The minimum absolute atomic E-state index is 0.0337. The van der Waals surface area contributed by atoms with Crippen molar-refractivity contribution in [3.8, 4) is 11.5 Å². The van der Waals surface area contributed by atoms with E-state index in [1.54, 1.807) is 0 Å². The van der Waals surface area contributed by atoms with Crippen LogP contribution in [-0.2, 0) is 0 Å². The second-order valence-corrected chi connectivity index (χ2v) is 5.72. The molecule has 5 heteroatoms. The van der Waals surface area contributed by atoms with E-state index in [1.807, 2.05) is 4.90 Å². The molecule has 0 bridgehead atoms. The molecule has 3 unspecified atom stereocenters. The first-order valence-electron chi connectivity index (χ1n) is 7.15. The summed E-state index contributed by atoms with van der Waals surface area (Å²) in [5, 5.41) is 22.6. The van der Waals surface area contributed by atoms with Gasteiger partial charge in [0.05, 0.1) is 5.56 Å². The number of nitrogens with zero attached hydrogens (tertiary/aromatic N) is 1. The van der Waals surface area contributed by atoms with Crippen LogP contribution in [-0.4, -0.2) is 46.7 Å². The van der Waals surface area contributed by atoms with Gasteiger partial charge in [-0.05, 0) is 30.4 Å². The Bertz CT molecular complexity index is 532. The van der Waals surface area contributed by atoms with E-state index in [-0.39, 0.29) is 29.0 Å². The number of phenolic OH excluding ortho intramolecular Hbond substituents is 2. The molecular weight excluding hydrogens is 256 g/mol. The van der Waals surface area contributed by atoms with Crippen LogP contribution in [0, 0.1) is 11.8 Å². The van der Waals surface area contributed by atoms with Crippen LogP contribution >= 0.6 is 0 Å². The van der Waals surface area contributed by atoms with Crippen LogP contribution in [0.5, 0.6) is 11.5 Å². The Hall–Kier alpha value is -1.75. The Morgan fingerprint density at radius 1 is 1.40 bits per heavy atom. The molecule has 5 nitrogen and oxygen atoms in total. The number of fused-ring (bicyclic) bond motifs is 1. The Labute approximate surface area is 118 Å². The van der Waals surface area contributed by atoms with E-state index in [9.17, 15) is 15.0 Å². The van der Waals surface area contributed by atoms with Gasteiger partial charge in [-0.2, -0.15) is 0 Å². The van der Waals surface area contributed by atoms with Crippen LogP contribution < -0.4 is 5.32 Å². The van der Waals surface area contributed by atoms with Crippen molar-refractivity contribution >= 4 is 5.91 Å². The molecule has 2 aliphatic heterocycles. The van der Waals surface area contributed by atoms with Gasteiger partial charge in [0.15, 0.2) is 0 Å². The first-order chi connectivity index (χ1) is 9.61. The molecule has 1 aromatic rings. The second-order valence-electron chi connectivity index (χ2n) is 5.72. The molecule has 0 saturated carbocycles. The molecule has 1 aromatic carbocycles. The molecule has 0 radical (unpaired) electrons. The largest absolute Gasteiger partial charge is 0.508 e. The van der Waals surface area contributed by atoms with E-state index in [1.165, 1.54) is 18.2 Å². The maximum Gasteiger partial charge on any atom is 0.257 e. The van der Waals surface area contributed by atoms with Gasteiger partial charge < -0.3 is 20.4 Å². The molecule has 3 N–H and O–H groups in total. The normalized spacial score (nSPS) is 28.6. The summed E-state index contributed by atoms with van der Waals surface area (Å²) in [5.41, 5.74) is 0.272. The van der Waals surface area contributed by atoms with Crippen molar-refractivity contribution in [2.45, 2.75) is 19.4 Å². The second kappa shape index (κ2) is 4.98. The minimum Gasteiger partial charge on any atom is -0.508 e. The summed E-state index contributed by atoms with van der Waals surface area (Å²) in [5.74, 6) is 0.712. The third kappa shape index (κ3) is 2.02. The molecule has 3 rings (SSSR count). The first-order valence-corrected chi connectivity index (χ1v) is 7.15. The summed E-state index contributed by atoms with van der Waals surface area (Å²) in [6.45, 7) is 4.78. The van der Waals surface area contributed by atoms with Crippen molar-refractivity contribution in [3.05, 3.63) is 23.8 Å². The van der Waals surface area contributed by atoms with E-state index >= 15 is 0 Å². The van der Waals surface area contributed by atoms with E-state index in [2.05, 4.69) is 12.2 Å². The first kappa shape index (κ1) is 13.2. The molecule has 2 aliphatic rings. The smallest absolute Gasteiger partial charge is 0.257 e. The third-order valence-electron chi connectivity index (χ3n) is 4.61. The topological polar surface area (TPSA) is 72.8 Å². The van der Waals surface area contributed by atoms with Crippen molar-refractivity contribution in [3.63, 3.8) is 0 Å². The number of hydrogen-bond acceptors (Lipinski definition) is 4. The van der Waals surface area contributed by atoms with Gasteiger partial charge >= 0.3 is 0 Å². The quantitative estimate of drug-likeness (QED) is 0.758. The van der Waals surface area contributed by atoms with Gasteiger partial charge in [0.1, 0.15) is 11.5 Å². The summed E-state index contributed by atoms with van der Waals surface area (Å²) in [6, 6.07) is 4.38. The molecule has 0 aromatic heterocycles. The van der Waals surface area contributed by atoms with E-state index in [0.717, 1.165) is 26.1 Å². The van der Waals surface area contributed by atoms with Crippen LogP contribution in [0.4, 0.5) is 0 Å². The maximum absolute atomic E-state index is 12.6. The fourth-order valence-electron chi connectivity index (χ4n) is 3.64. The monoisotopic (exact) mass is 276 g/mol. The maximum atomic E-state index is 12.6. The lowest BCUT2D eigenvalue weighted by atomic mass is 9.93. The van der Waals surface area contributed by atoms with Crippen molar-refractivity contribution in [2.75, 3.05) is 19.6 Å². The molecule has 1 amide bonds. The zero-order valence-corrected chi connectivity index (χ0v) is 11.5. The minimum atomic E-state index is -0.153. The highest BCUT2D eigenvalue weighted by atomic mass is 16.3. The summed E-state index contributed by atoms with van der Waals surface area (Å²) in [7, 11) is 0. The lowest BCUT2D eigenvalue weighted by Gasteiger charge is -2.27. The number of amides is 1. The van der Waals surface area contributed by atoms with Crippen LogP contribution in [0.15, 0.2) is 18.2 Å². The number of aromatic hydroxyl groups is 2. The number of benzene rings is 1. The molecule has 3 atom stereocenters. The van der Waals surface area contributed by atoms with Crippen molar-refractivity contribution in [1.82, 2.24) is 10.2 Å². The predicted molar refractivity (Wildman–Crippen MR) is 74.7 cm³/mol. The zero-order valence-electron chi connectivity index (χ0n) is 11.5. The summed E-state index contributed by atoms with van der Waals surface area (Å²) in [4.78, 5) is 14.5. The predicted octanol–water partition coefficient (Wildman–Crippen LogP) is 1.17. The average molecular weight is 276 g/mol. The van der Waals surface area contributed by atoms with Crippen molar-refractivity contribution in [2.24, 2.45) is 11.8 Å². The van der Waals surface area contributed by atoms with Gasteiger partial charge in [-0.15, -0.1) is 0 Å². The molecule has 2 fully saturated rings.